The summed E-state index contributed by atoms with van der Waals surface area (Å²) in [6.07, 6.45) is 0.851. The summed E-state index contributed by atoms with van der Waals surface area (Å²) in [5.41, 5.74) is 0.371. The minimum Gasteiger partial charge on any atom is -0.352 e. The Labute approximate surface area is 112 Å². The molecule has 0 heterocycles. The van der Waals surface area contributed by atoms with Gasteiger partial charge in [-0.2, -0.15) is 0 Å². The van der Waals surface area contributed by atoms with Gasteiger partial charge in [0.25, 0.3) is 5.91 Å². The fourth-order valence-electron chi connectivity index (χ4n) is 1.33. The second-order valence-corrected chi connectivity index (χ2v) is 4.45. The molecule has 98 valence electrons. The standard InChI is InChI=1S/C13H17ClN2O2/c1-3-9(2)16-12(17)8-15-13(18)10-6-4-5-7-11(10)14/h4-7,9H,3,8H2,1-2H3,(H,15,18)(H,16,17). The minimum atomic E-state index is -0.347. The first-order chi connectivity index (χ1) is 8.54. The quantitative estimate of drug-likeness (QED) is 0.858. The van der Waals surface area contributed by atoms with Crippen LogP contribution in [0.5, 0.6) is 0 Å². The van der Waals surface area contributed by atoms with Crippen molar-refractivity contribution in [3.05, 3.63) is 34.9 Å². The summed E-state index contributed by atoms with van der Waals surface area (Å²) in [6, 6.07) is 6.82. The van der Waals surface area contributed by atoms with Crippen molar-refractivity contribution in [2.24, 2.45) is 0 Å². The predicted octanol–water partition coefficient (Wildman–Crippen LogP) is 1.98. The Morgan fingerprint density at radius 1 is 1.33 bits per heavy atom. The third kappa shape index (κ3) is 4.37. The Kier molecular flexibility index (Phi) is 5.65. The van der Waals surface area contributed by atoms with Crippen molar-refractivity contribution in [2.75, 3.05) is 6.54 Å². The number of hydrogen-bond acceptors (Lipinski definition) is 2. The first-order valence-corrected chi connectivity index (χ1v) is 6.24. The molecular formula is C13H17ClN2O2. The van der Waals surface area contributed by atoms with Crippen LogP contribution in [0.25, 0.3) is 0 Å². The largest absolute Gasteiger partial charge is 0.352 e. The summed E-state index contributed by atoms with van der Waals surface area (Å²) >= 11 is 5.88. The van der Waals surface area contributed by atoms with Gasteiger partial charge in [0, 0.05) is 6.04 Å². The number of carbonyl (C=O) groups excluding carboxylic acids is 2. The summed E-state index contributed by atoms with van der Waals surface area (Å²) in [5, 5.41) is 5.67. The molecule has 0 fully saturated rings. The third-order valence-corrected chi connectivity index (χ3v) is 2.88. The minimum absolute atomic E-state index is 0.0472. The van der Waals surface area contributed by atoms with E-state index in [-0.39, 0.29) is 24.4 Å². The van der Waals surface area contributed by atoms with Crippen molar-refractivity contribution < 1.29 is 9.59 Å². The van der Waals surface area contributed by atoms with Crippen LogP contribution < -0.4 is 10.6 Å². The van der Waals surface area contributed by atoms with E-state index in [1.165, 1.54) is 0 Å². The van der Waals surface area contributed by atoms with Gasteiger partial charge in [0.2, 0.25) is 5.91 Å². The van der Waals surface area contributed by atoms with E-state index in [2.05, 4.69) is 10.6 Å². The summed E-state index contributed by atoms with van der Waals surface area (Å²) in [4.78, 5) is 23.2. The monoisotopic (exact) mass is 268 g/mol. The fourth-order valence-corrected chi connectivity index (χ4v) is 1.55. The lowest BCUT2D eigenvalue weighted by Crippen LogP contribution is -2.40. The van der Waals surface area contributed by atoms with E-state index in [4.69, 9.17) is 11.6 Å². The Bertz CT molecular complexity index is 435. The topological polar surface area (TPSA) is 58.2 Å². The zero-order valence-electron chi connectivity index (χ0n) is 10.5. The molecule has 0 saturated heterocycles. The van der Waals surface area contributed by atoms with Gasteiger partial charge < -0.3 is 10.6 Å². The molecule has 5 heteroatoms. The molecule has 0 aliphatic rings. The smallest absolute Gasteiger partial charge is 0.253 e. The van der Waals surface area contributed by atoms with E-state index in [0.717, 1.165) is 6.42 Å². The fraction of sp³-hybridized carbons (Fsp3) is 0.385. The van der Waals surface area contributed by atoms with E-state index >= 15 is 0 Å². The lowest BCUT2D eigenvalue weighted by Gasteiger charge is -2.12. The van der Waals surface area contributed by atoms with Crippen LogP contribution in [0.2, 0.25) is 5.02 Å². The Morgan fingerprint density at radius 3 is 2.61 bits per heavy atom. The maximum atomic E-state index is 11.7. The normalized spacial score (nSPS) is 11.7. The van der Waals surface area contributed by atoms with E-state index in [1.54, 1.807) is 24.3 Å². The molecule has 1 rings (SSSR count). The lowest BCUT2D eigenvalue weighted by atomic mass is 10.2. The van der Waals surface area contributed by atoms with E-state index in [1.807, 2.05) is 13.8 Å². The summed E-state index contributed by atoms with van der Waals surface area (Å²) in [7, 11) is 0. The zero-order chi connectivity index (χ0) is 13.5. The average molecular weight is 269 g/mol. The molecule has 2 amide bonds. The van der Waals surface area contributed by atoms with E-state index < -0.39 is 0 Å². The second kappa shape index (κ2) is 7.01. The van der Waals surface area contributed by atoms with Crippen LogP contribution in [-0.4, -0.2) is 24.4 Å². The summed E-state index contributed by atoms with van der Waals surface area (Å²) in [5.74, 6) is -0.551. The molecule has 0 radical (unpaired) electrons. The van der Waals surface area contributed by atoms with Crippen LogP contribution in [0, 0.1) is 0 Å². The molecule has 2 N–H and O–H groups in total. The number of amides is 2. The van der Waals surface area contributed by atoms with Crippen LogP contribution in [0.1, 0.15) is 30.6 Å². The molecule has 0 aromatic heterocycles. The van der Waals surface area contributed by atoms with E-state index in [0.29, 0.717) is 10.6 Å². The maximum Gasteiger partial charge on any atom is 0.253 e. The van der Waals surface area contributed by atoms with Crippen molar-refractivity contribution >= 4 is 23.4 Å². The number of rotatable bonds is 5. The van der Waals surface area contributed by atoms with Crippen molar-refractivity contribution in [3.63, 3.8) is 0 Å². The van der Waals surface area contributed by atoms with Crippen LogP contribution in [0.4, 0.5) is 0 Å². The van der Waals surface area contributed by atoms with Gasteiger partial charge in [-0.3, -0.25) is 9.59 Å². The molecular weight excluding hydrogens is 252 g/mol. The van der Waals surface area contributed by atoms with E-state index in [9.17, 15) is 9.59 Å². The number of carbonyl (C=O) groups is 2. The van der Waals surface area contributed by atoms with Crippen molar-refractivity contribution in [3.8, 4) is 0 Å². The molecule has 0 aliphatic heterocycles. The molecule has 0 saturated carbocycles. The molecule has 1 atom stereocenters. The Hall–Kier alpha value is -1.55. The van der Waals surface area contributed by atoms with Crippen LogP contribution in [0.15, 0.2) is 24.3 Å². The highest BCUT2D eigenvalue weighted by Gasteiger charge is 2.11. The summed E-state index contributed by atoms with van der Waals surface area (Å²) < 4.78 is 0. The molecule has 1 aromatic carbocycles. The first-order valence-electron chi connectivity index (χ1n) is 5.86. The number of hydrogen-bond donors (Lipinski definition) is 2. The number of benzene rings is 1. The van der Waals surface area contributed by atoms with Crippen LogP contribution in [0.3, 0.4) is 0 Å². The van der Waals surface area contributed by atoms with Crippen LogP contribution in [-0.2, 0) is 4.79 Å². The predicted molar refractivity (Wildman–Crippen MR) is 71.7 cm³/mol. The highest BCUT2D eigenvalue weighted by Crippen LogP contribution is 2.14. The Morgan fingerprint density at radius 2 is 2.00 bits per heavy atom. The lowest BCUT2D eigenvalue weighted by molar-refractivity contribution is -0.120. The van der Waals surface area contributed by atoms with Gasteiger partial charge in [-0.25, -0.2) is 0 Å². The summed E-state index contributed by atoms with van der Waals surface area (Å²) in [6.45, 7) is 3.84. The molecule has 0 bridgehead atoms. The highest BCUT2D eigenvalue weighted by atomic mass is 35.5. The van der Waals surface area contributed by atoms with Gasteiger partial charge in [-0.15, -0.1) is 0 Å². The molecule has 4 nitrogen and oxygen atoms in total. The van der Waals surface area contributed by atoms with Crippen LogP contribution >= 0.6 is 11.6 Å². The molecule has 0 spiro atoms. The van der Waals surface area contributed by atoms with Gasteiger partial charge in [-0.1, -0.05) is 30.7 Å². The molecule has 1 unspecified atom stereocenters. The van der Waals surface area contributed by atoms with Gasteiger partial charge >= 0.3 is 0 Å². The first kappa shape index (κ1) is 14.5. The highest BCUT2D eigenvalue weighted by molar-refractivity contribution is 6.33. The molecule has 1 aromatic rings. The zero-order valence-corrected chi connectivity index (χ0v) is 11.3. The number of halogens is 1. The number of nitrogens with one attached hydrogen (secondary N) is 2. The van der Waals surface area contributed by atoms with Gasteiger partial charge in [0.05, 0.1) is 17.1 Å². The maximum absolute atomic E-state index is 11.7. The Balaban J connectivity index is 2.47. The van der Waals surface area contributed by atoms with Crippen molar-refractivity contribution in [1.29, 1.82) is 0 Å². The third-order valence-electron chi connectivity index (χ3n) is 2.55. The van der Waals surface area contributed by atoms with Crippen molar-refractivity contribution in [1.82, 2.24) is 10.6 Å². The molecule has 0 aliphatic carbocycles. The van der Waals surface area contributed by atoms with Gasteiger partial charge in [0.15, 0.2) is 0 Å². The van der Waals surface area contributed by atoms with Gasteiger partial charge in [-0.05, 0) is 25.5 Å². The molecule has 18 heavy (non-hydrogen) atoms. The average Bonchev–Trinajstić information content (AvgIpc) is 2.36. The van der Waals surface area contributed by atoms with Crippen molar-refractivity contribution in [2.45, 2.75) is 26.3 Å². The van der Waals surface area contributed by atoms with Gasteiger partial charge in [0.1, 0.15) is 0 Å². The SMILES string of the molecule is CCC(C)NC(=O)CNC(=O)c1ccccc1Cl. The second-order valence-electron chi connectivity index (χ2n) is 4.04.